The minimum Gasteiger partial charge on any atom is -0.422 e. The number of para-hydroxylation sites is 2. The summed E-state index contributed by atoms with van der Waals surface area (Å²) in [5, 5.41) is 16.4. The van der Waals surface area contributed by atoms with Gasteiger partial charge in [0, 0.05) is 22.5 Å². The third-order valence-corrected chi connectivity index (χ3v) is 7.72. The fourth-order valence-corrected chi connectivity index (χ4v) is 5.31. The molecule has 0 heterocycles. The molecule has 0 saturated carbocycles. The number of benzene rings is 3. The van der Waals surface area contributed by atoms with Crippen LogP contribution < -0.4 is 14.4 Å². The molecule has 0 amide bonds. The van der Waals surface area contributed by atoms with Gasteiger partial charge >= 0.3 is 21.5 Å². The fraction of sp³-hybridized carbons (Fsp3) is 0.308. The lowest BCUT2D eigenvalue weighted by atomic mass is 10.3. The summed E-state index contributed by atoms with van der Waals surface area (Å²) in [7, 11) is -8.11. The monoisotopic (exact) mass is 718 g/mol. The van der Waals surface area contributed by atoms with E-state index >= 15 is 0 Å². The van der Waals surface area contributed by atoms with E-state index in [1.54, 1.807) is 66.7 Å². The van der Waals surface area contributed by atoms with E-state index in [2.05, 4.69) is 9.26 Å². The molecule has 2 unspecified atom stereocenters. The molecule has 0 fully saturated rings. The summed E-state index contributed by atoms with van der Waals surface area (Å²) in [6.45, 7) is 0.417. The quantitative estimate of drug-likeness (QED) is 0.103. The minimum absolute atomic E-state index is 0.00682. The highest BCUT2D eigenvalue weighted by atomic mass is 35.9. The van der Waals surface area contributed by atoms with E-state index in [1.807, 2.05) is 0 Å². The first-order valence-corrected chi connectivity index (χ1v) is 19.3. The predicted octanol–water partition coefficient (Wildman–Crippen LogP) is 5.37. The molecular formula is C26H35Cl2O13P3. The van der Waals surface area contributed by atoms with Crippen molar-refractivity contribution >= 4 is 49.3 Å². The van der Waals surface area contributed by atoms with Crippen molar-refractivity contribution in [2.75, 3.05) is 52.9 Å². The van der Waals surface area contributed by atoms with E-state index in [9.17, 15) is 23.5 Å². The van der Waals surface area contributed by atoms with Gasteiger partial charge in [-0.05, 0) is 36.4 Å². The third kappa shape index (κ3) is 21.0. The van der Waals surface area contributed by atoms with Gasteiger partial charge in [0.1, 0.15) is 11.5 Å². The van der Waals surface area contributed by atoms with Crippen molar-refractivity contribution in [3.05, 3.63) is 91.0 Å². The van der Waals surface area contributed by atoms with Gasteiger partial charge in [-0.15, -0.1) is 0 Å². The maximum atomic E-state index is 12.0. The number of halogens is 2. The normalized spacial score (nSPS) is 13.6. The van der Waals surface area contributed by atoms with Crippen LogP contribution >= 0.6 is 44.0 Å². The Morgan fingerprint density at radius 2 is 0.955 bits per heavy atom. The molecule has 0 aliphatic carbocycles. The number of aliphatic hydroxyl groups excluding tert-OH is 2. The second-order valence-electron chi connectivity index (χ2n) is 7.89. The van der Waals surface area contributed by atoms with Gasteiger partial charge in [-0.25, -0.2) is 9.13 Å². The zero-order valence-corrected chi connectivity index (χ0v) is 27.6. The number of phosphoric ester groups is 1. The Morgan fingerprint density at radius 1 is 0.545 bits per heavy atom. The average molecular weight is 719 g/mol. The van der Waals surface area contributed by atoms with E-state index in [0.29, 0.717) is 19.0 Å². The first-order valence-electron chi connectivity index (χ1n) is 12.7. The van der Waals surface area contributed by atoms with Gasteiger partial charge in [-0.1, -0.05) is 54.6 Å². The Kier molecular flexibility index (Phi) is 20.7. The van der Waals surface area contributed by atoms with Gasteiger partial charge in [0.15, 0.2) is 0 Å². The van der Waals surface area contributed by atoms with E-state index in [4.69, 9.17) is 51.0 Å². The lowest BCUT2D eigenvalue weighted by Crippen LogP contribution is -2.12. The summed E-state index contributed by atoms with van der Waals surface area (Å²) in [5.74, 6) is 0.619. The molecular weight excluding hydrogens is 684 g/mol. The molecule has 4 N–H and O–H groups in total. The van der Waals surface area contributed by atoms with Gasteiger partial charge in [-0.2, -0.15) is 0 Å². The summed E-state index contributed by atoms with van der Waals surface area (Å²) < 4.78 is 63.4. The van der Waals surface area contributed by atoms with Crippen LogP contribution in [0, 0.1) is 0 Å². The number of phosphoric acid groups is 1. The lowest BCUT2D eigenvalue weighted by Gasteiger charge is -2.14. The van der Waals surface area contributed by atoms with Crippen molar-refractivity contribution in [2.24, 2.45) is 0 Å². The smallest absolute Gasteiger partial charge is 0.422 e. The third-order valence-electron chi connectivity index (χ3n) is 4.45. The van der Waals surface area contributed by atoms with Crippen molar-refractivity contribution in [3.63, 3.8) is 0 Å². The number of ether oxygens (including phenoxy) is 2. The highest BCUT2D eigenvalue weighted by Crippen LogP contribution is 2.57. The molecule has 2 atom stereocenters. The van der Waals surface area contributed by atoms with Crippen LogP contribution in [0.25, 0.3) is 0 Å². The molecule has 246 valence electrons. The Morgan fingerprint density at radius 3 is 1.41 bits per heavy atom. The van der Waals surface area contributed by atoms with Crippen molar-refractivity contribution in [3.8, 4) is 11.5 Å². The molecule has 3 rings (SSSR count). The standard InChI is InChI=1S/C16H20O8P2.C6H5Cl2O2P.C4H10O3/c17-25(18,16-9-5-2-6-10-16)22-13-11-21-12-14-23-26(19,20)24-15-7-3-1-4-8-15;7-11(8,9)10-6-4-2-1-3-5-6;5-1-3-7-4-2-6/h1-10H,11-14H2,(H,17,18)(H,19,20);1-5H;5-6H,1-4H2. The molecule has 0 saturated heterocycles. The first-order chi connectivity index (χ1) is 20.9. The number of rotatable bonds is 17. The van der Waals surface area contributed by atoms with Gasteiger partial charge in [-0.3, -0.25) is 14.0 Å². The Bertz CT molecular complexity index is 1280. The highest BCUT2D eigenvalue weighted by molar-refractivity contribution is 8.05. The molecule has 3 aromatic rings. The Hall–Kier alpha value is -1.79. The van der Waals surface area contributed by atoms with Crippen LogP contribution in [0.15, 0.2) is 91.0 Å². The maximum absolute atomic E-state index is 12.0. The Labute approximate surface area is 265 Å². The highest BCUT2D eigenvalue weighted by Gasteiger charge is 2.23. The van der Waals surface area contributed by atoms with E-state index in [0.717, 1.165) is 0 Å². The SMILES string of the molecule is O=P(Cl)(Cl)Oc1ccccc1.O=P(O)(OCCOCCOP(=O)(O)c1ccccc1)Oc1ccccc1.OCCOCCO. The van der Waals surface area contributed by atoms with Crippen molar-refractivity contribution < 1.29 is 61.3 Å². The van der Waals surface area contributed by atoms with Crippen LogP contribution in [-0.4, -0.2) is 72.9 Å². The summed E-state index contributed by atoms with van der Waals surface area (Å²) in [6.07, 6.45) is -3.44. The van der Waals surface area contributed by atoms with E-state index in [-0.39, 0.29) is 50.7 Å². The zero-order chi connectivity index (χ0) is 32.7. The summed E-state index contributed by atoms with van der Waals surface area (Å²) in [5.41, 5.74) is 0. The number of hydrogen-bond donors (Lipinski definition) is 4. The molecule has 3 aromatic carbocycles. The number of hydrogen-bond acceptors (Lipinski definition) is 11. The van der Waals surface area contributed by atoms with E-state index < -0.39 is 21.5 Å². The van der Waals surface area contributed by atoms with Crippen LogP contribution in [-0.2, 0) is 32.2 Å². The van der Waals surface area contributed by atoms with Crippen LogP contribution in [0.4, 0.5) is 0 Å². The second kappa shape index (κ2) is 22.7. The van der Waals surface area contributed by atoms with Gasteiger partial charge in [0.25, 0.3) is 0 Å². The molecule has 18 heteroatoms. The average Bonchev–Trinajstić information content (AvgIpc) is 2.98. The molecule has 0 bridgehead atoms. The van der Waals surface area contributed by atoms with Crippen LogP contribution in [0.1, 0.15) is 0 Å². The van der Waals surface area contributed by atoms with Gasteiger partial charge in [0.2, 0.25) is 0 Å². The van der Waals surface area contributed by atoms with Crippen LogP contribution in [0.5, 0.6) is 11.5 Å². The molecule has 44 heavy (non-hydrogen) atoms. The van der Waals surface area contributed by atoms with Crippen LogP contribution in [0.3, 0.4) is 0 Å². The van der Waals surface area contributed by atoms with E-state index in [1.165, 1.54) is 24.3 Å². The summed E-state index contributed by atoms with van der Waals surface area (Å²) in [6, 6.07) is 24.7. The van der Waals surface area contributed by atoms with Crippen molar-refractivity contribution in [1.82, 2.24) is 0 Å². The van der Waals surface area contributed by atoms with Crippen LogP contribution in [0.2, 0.25) is 0 Å². The molecule has 0 aromatic heterocycles. The maximum Gasteiger partial charge on any atom is 0.527 e. The summed E-state index contributed by atoms with van der Waals surface area (Å²) in [4.78, 5) is 19.4. The second-order valence-corrected chi connectivity index (χ2v) is 15.3. The largest absolute Gasteiger partial charge is 0.527 e. The molecule has 0 aliphatic heterocycles. The van der Waals surface area contributed by atoms with Crippen molar-refractivity contribution in [1.29, 1.82) is 0 Å². The fourth-order valence-electron chi connectivity index (χ4n) is 2.70. The lowest BCUT2D eigenvalue weighted by molar-refractivity contribution is 0.0650. The van der Waals surface area contributed by atoms with Gasteiger partial charge < -0.3 is 38.2 Å². The molecule has 0 radical (unpaired) electrons. The molecule has 13 nitrogen and oxygen atoms in total. The molecule has 0 spiro atoms. The van der Waals surface area contributed by atoms with Gasteiger partial charge in [0.05, 0.1) is 58.2 Å². The number of aliphatic hydroxyl groups is 2. The predicted molar refractivity (Wildman–Crippen MR) is 167 cm³/mol. The van der Waals surface area contributed by atoms with Crippen molar-refractivity contribution in [2.45, 2.75) is 0 Å². The first kappa shape index (κ1) is 40.2. The minimum atomic E-state index is -4.23. The Balaban J connectivity index is 0.000000439. The molecule has 0 aliphatic rings. The summed E-state index contributed by atoms with van der Waals surface area (Å²) >= 11 is 10.3. The topological polar surface area (TPSA) is 188 Å². The zero-order valence-electron chi connectivity index (χ0n) is 23.4.